The maximum absolute atomic E-state index is 10.9. The average molecular weight is 258 g/mol. The van der Waals surface area contributed by atoms with E-state index >= 15 is 0 Å². The van der Waals surface area contributed by atoms with Crippen LogP contribution in [0.2, 0.25) is 0 Å². The molecule has 2 rings (SSSR count). The summed E-state index contributed by atoms with van der Waals surface area (Å²) >= 11 is 0. The number of hydrogen-bond acceptors (Lipinski definition) is 5. The normalized spacial score (nSPS) is 10.2. The van der Waals surface area contributed by atoms with Gasteiger partial charge in [-0.3, -0.25) is 4.98 Å². The number of hydrogen-bond donors (Lipinski definition) is 2. The van der Waals surface area contributed by atoms with Crippen molar-refractivity contribution < 1.29 is 9.90 Å². The topological polar surface area (TPSA) is 88.0 Å². The second-order valence-electron chi connectivity index (χ2n) is 4.06. The molecule has 0 radical (unpaired) electrons. The van der Waals surface area contributed by atoms with Crippen molar-refractivity contribution in [3.05, 3.63) is 47.5 Å². The molecule has 0 saturated carbocycles. The lowest BCUT2D eigenvalue weighted by Gasteiger charge is -2.06. The maximum atomic E-state index is 10.9. The molecule has 98 valence electrons. The highest BCUT2D eigenvalue weighted by Gasteiger charge is 2.08. The van der Waals surface area contributed by atoms with Crippen LogP contribution in [-0.4, -0.2) is 32.6 Å². The zero-order valence-electron chi connectivity index (χ0n) is 10.5. The van der Waals surface area contributed by atoms with Crippen molar-refractivity contribution in [2.45, 2.75) is 13.3 Å². The number of anilines is 1. The van der Waals surface area contributed by atoms with Crippen molar-refractivity contribution in [3.63, 3.8) is 0 Å². The van der Waals surface area contributed by atoms with Gasteiger partial charge < -0.3 is 10.4 Å². The standard InChI is InChI=1S/C13H14N4O2/c1-9-8-11(12(18)19)17-13(16-9)15-7-4-10-2-5-14-6-3-10/h2-3,5-6,8H,4,7H2,1H3,(H,18,19)(H,15,16,17). The van der Waals surface area contributed by atoms with Crippen molar-refractivity contribution in [2.75, 3.05) is 11.9 Å². The van der Waals surface area contributed by atoms with Crippen LogP contribution in [0.4, 0.5) is 5.95 Å². The van der Waals surface area contributed by atoms with Crippen LogP contribution in [0.15, 0.2) is 30.6 Å². The van der Waals surface area contributed by atoms with Gasteiger partial charge in [-0.15, -0.1) is 0 Å². The van der Waals surface area contributed by atoms with Crippen LogP contribution in [0.1, 0.15) is 21.7 Å². The molecule has 0 unspecified atom stereocenters. The third kappa shape index (κ3) is 3.74. The fourth-order valence-electron chi connectivity index (χ4n) is 1.63. The Labute approximate surface area is 110 Å². The van der Waals surface area contributed by atoms with Crippen LogP contribution in [-0.2, 0) is 6.42 Å². The van der Waals surface area contributed by atoms with Gasteiger partial charge >= 0.3 is 5.97 Å². The molecule has 0 saturated heterocycles. The van der Waals surface area contributed by atoms with E-state index in [2.05, 4.69) is 20.3 Å². The molecule has 2 aromatic rings. The van der Waals surface area contributed by atoms with Gasteiger partial charge in [-0.25, -0.2) is 14.8 Å². The molecule has 0 aromatic carbocycles. The Bertz CT molecular complexity index is 572. The molecular weight excluding hydrogens is 244 g/mol. The second kappa shape index (κ2) is 5.90. The fraction of sp³-hybridized carbons (Fsp3) is 0.231. The summed E-state index contributed by atoms with van der Waals surface area (Å²) in [6.07, 6.45) is 4.27. The first-order chi connectivity index (χ1) is 9.15. The molecule has 0 aliphatic carbocycles. The molecule has 19 heavy (non-hydrogen) atoms. The van der Waals surface area contributed by atoms with Crippen molar-refractivity contribution >= 4 is 11.9 Å². The Kier molecular flexibility index (Phi) is 4.02. The highest BCUT2D eigenvalue weighted by Crippen LogP contribution is 2.05. The highest BCUT2D eigenvalue weighted by atomic mass is 16.4. The number of nitrogens with zero attached hydrogens (tertiary/aromatic N) is 3. The Morgan fingerprint density at radius 2 is 2.05 bits per heavy atom. The van der Waals surface area contributed by atoms with Crippen LogP contribution in [0.3, 0.4) is 0 Å². The van der Waals surface area contributed by atoms with E-state index in [0.29, 0.717) is 18.2 Å². The van der Waals surface area contributed by atoms with Gasteiger partial charge in [-0.1, -0.05) is 0 Å². The van der Waals surface area contributed by atoms with E-state index in [1.54, 1.807) is 19.3 Å². The summed E-state index contributed by atoms with van der Waals surface area (Å²) in [5.41, 5.74) is 1.77. The van der Waals surface area contributed by atoms with Crippen LogP contribution in [0, 0.1) is 6.92 Å². The zero-order chi connectivity index (χ0) is 13.7. The van der Waals surface area contributed by atoms with Gasteiger partial charge in [0.1, 0.15) is 0 Å². The average Bonchev–Trinajstić information content (AvgIpc) is 2.39. The van der Waals surface area contributed by atoms with Crippen LogP contribution >= 0.6 is 0 Å². The van der Waals surface area contributed by atoms with Crippen molar-refractivity contribution in [3.8, 4) is 0 Å². The number of pyridine rings is 1. The molecule has 0 aliphatic rings. The van der Waals surface area contributed by atoms with E-state index in [-0.39, 0.29) is 5.69 Å². The summed E-state index contributed by atoms with van der Waals surface area (Å²) < 4.78 is 0. The number of rotatable bonds is 5. The lowest BCUT2D eigenvalue weighted by atomic mass is 10.2. The third-order valence-electron chi connectivity index (χ3n) is 2.52. The third-order valence-corrected chi connectivity index (χ3v) is 2.52. The summed E-state index contributed by atoms with van der Waals surface area (Å²) in [7, 11) is 0. The summed E-state index contributed by atoms with van der Waals surface area (Å²) in [5, 5.41) is 11.9. The minimum Gasteiger partial charge on any atom is -0.477 e. The van der Waals surface area contributed by atoms with Gasteiger partial charge in [0.2, 0.25) is 5.95 Å². The van der Waals surface area contributed by atoms with E-state index in [1.807, 2.05) is 12.1 Å². The van der Waals surface area contributed by atoms with E-state index < -0.39 is 5.97 Å². The van der Waals surface area contributed by atoms with Crippen molar-refractivity contribution in [1.82, 2.24) is 15.0 Å². The Balaban J connectivity index is 1.98. The van der Waals surface area contributed by atoms with E-state index in [9.17, 15) is 4.79 Å². The maximum Gasteiger partial charge on any atom is 0.354 e. The van der Waals surface area contributed by atoms with E-state index in [0.717, 1.165) is 12.0 Å². The van der Waals surface area contributed by atoms with E-state index in [1.165, 1.54) is 6.07 Å². The van der Waals surface area contributed by atoms with Gasteiger partial charge in [0, 0.05) is 24.6 Å². The van der Waals surface area contributed by atoms with Crippen molar-refractivity contribution in [1.29, 1.82) is 0 Å². The summed E-state index contributed by atoms with van der Waals surface area (Å²) in [6.45, 7) is 2.37. The molecule has 0 fully saturated rings. The van der Waals surface area contributed by atoms with Crippen LogP contribution in [0.5, 0.6) is 0 Å². The number of carboxylic acids is 1. The van der Waals surface area contributed by atoms with Gasteiger partial charge in [0.15, 0.2) is 5.69 Å². The molecule has 0 spiro atoms. The monoisotopic (exact) mass is 258 g/mol. The molecule has 2 heterocycles. The molecule has 6 heteroatoms. The number of aromatic carboxylic acids is 1. The van der Waals surface area contributed by atoms with Gasteiger partial charge in [-0.2, -0.15) is 0 Å². The minimum atomic E-state index is -1.05. The van der Waals surface area contributed by atoms with E-state index in [4.69, 9.17) is 5.11 Å². The number of nitrogens with one attached hydrogen (secondary N) is 1. The first-order valence-electron chi connectivity index (χ1n) is 5.87. The Morgan fingerprint density at radius 3 is 2.74 bits per heavy atom. The Morgan fingerprint density at radius 1 is 1.32 bits per heavy atom. The lowest BCUT2D eigenvalue weighted by molar-refractivity contribution is 0.0690. The number of aryl methyl sites for hydroxylation is 1. The zero-order valence-corrected chi connectivity index (χ0v) is 10.5. The molecule has 6 nitrogen and oxygen atoms in total. The number of carbonyl (C=O) groups is 1. The molecule has 0 aliphatic heterocycles. The molecule has 2 N–H and O–H groups in total. The molecule has 2 aromatic heterocycles. The quantitative estimate of drug-likeness (QED) is 0.845. The largest absolute Gasteiger partial charge is 0.477 e. The smallest absolute Gasteiger partial charge is 0.354 e. The van der Waals surface area contributed by atoms with Crippen LogP contribution < -0.4 is 5.32 Å². The SMILES string of the molecule is Cc1cc(C(=O)O)nc(NCCc2ccncc2)n1. The van der Waals surface area contributed by atoms with Crippen LogP contribution in [0.25, 0.3) is 0 Å². The molecule has 0 bridgehead atoms. The van der Waals surface area contributed by atoms with Crippen molar-refractivity contribution in [2.24, 2.45) is 0 Å². The second-order valence-corrected chi connectivity index (χ2v) is 4.06. The highest BCUT2D eigenvalue weighted by molar-refractivity contribution is 5.85. The first kappa shape index (κ1) is 12.9. The number of carboxylic acid groups (broad SMARTS) is 1. The Hall–Kier alpha value is -2.50. The van der Waals surface area contributed by atoms with Gasteiger partial charge in [0.05, 0.1) is 0 Å². The predicted octanol–water partition coefficient (Wildman–Crippen LogP) is 1.53. The number of aromatic nitrogens is 3. The minimum absolute atomic E-state index is 0.00101. The molecular formula is C13H14N4O2. The summed E-state index contributed by atoms with van der Waals surface area (Å²) in [5.74, 6) is -0.714. The molecule has 0 amide bonds. The predicted molar refractivity (Wildman–Crippen MR) is 70.2 cm³/mol. The molecule has 0 atom stereocenters. The lowest BCUT2D eigenvalue weighted by Crippen LogP contribution is -2.11. The first-order valence-corrected chi connectivity index (χ1v) is 5.87. The van der Waals surface area contributed by atoms with Gasteiger partial charge in [0.25, 0.3) is 0 Å². The summed E-state index contributed by atoms with van der Waals surface area (Å²) in [6, 6.07) is 5.30. The summed E-state index contributed by atoms with van der Waals surface area (Å²) in [4.78, 5) is 22.9. The van der Waals surface area contributed by atoms with Gasteiger partial charge in [-0.05, 0) is 37.1 Å². The fourth-order valence-corrected chi connectivity index (χ4v) is 1.63.